The molecule has 0 aliphatic heterocycles. The second-order valence-electron chi connectivity index (χ2n) is 1.65. The maximum atomic E-state index is 9.67. The molecule has 0 heterocycles. The van der Waals surface area contributed by atoms with Gasteiger partial charge in [0.1, 0.15) is 0 Å². The average molecular weight is 184 g/mol. The van der Waals surface area contributed by atoms with E-state index < -0.39 is 0 Å². The van der Waals surface area contributed by atoms with Crippen molar-refractivity contribution in [1.82, 2.24) is 0 Å². The summed E-state index contributed by atoms with van der Waals surface area (Å²) < 4.78 is 0. The van der Waals surface area contributed by atoms with E-state index in [0.717, 1.165) is 5.56 Å². The first-order valence-electron chi connectivity index (χ1n) is 2.64. The van der Waals surface area contributed by atoms with Crippen LogP contribution >= 0.6 is 0 Å². The minimum Gasteiger partial charge on any atom is -0.792 e. The van der Waals surface area contributed by atoms with Crippen LogP contribution < -0.4 is 0 Å². The van der Waals surface area contributed by atoms with Gasteiger partial charge in [0, 0.05) is 6.21 Å². The van der Waals surface area contributed by atoms with E-state index >= 15 is 0 Å². The number of hydrogen-bond donors (Lipinski definition) is 0. The molecular formula is C7H6CuNO+. The Labute approximate surface area is 70.0 Å². The van der Waals surface area contributed by atoms with Crippen LogP contribution in [0.25, 0.3) is 0 Å². The van der Waals surface area contributed by atoms with Crippen molar-refractivity contribution >= 4 is 6.21 Å². The molecule has 0 saturated carbocycles. The van der Waals surface area contributed by atoms with Crippen molar-refractivity contribution in [2.24, 2.45) is 5.16 Å². The van der Waals surface area contributed by atoms with E-state index in [1.54, 1.807) is 0 Å². The zero-order chi connectivity index (χ0) is 6.53. The normalized spacial score (nSPS) is 9.20. The van der Waals surface area contributed by atoms with Crippen LogP contribution in [0, 0.1) is 5.21 Å². The molecule has 1 aromatic carbocycles. The first-order chi connectivity index (χ1) is 4.43. The summed E-state index contributed by atoms with van der Waals surface area (Å²) in [6, 6.07) is 9.25. The summed E-state index contributed by atoms with van der Waals surface area (Å²) in [6.07, 6.45) is 1.28. The molecule has 0 atom stereocenters. The molecule has 0 aromatic heterocycles. The third kappa shape index (κ3) is 2.67. The van der Waals surface area contributed by atoms with Gasteiger partial charge in [-0.05, 0) is 5.56 Å². The second-order valence-corrected chi connectivity index (χ2v) is 1.65. The number of rotatable bonds is 1. The van der Waals surface area contributed by atoms with Crippen LogP contribution in [-0.4, -0.2) is 6.21 Å². The third-order valence-corrected chi connectivity index (χ3v) is 1.00. The fourth-order valence-electron chi connectivity index (χ4n) is 0.600. The van der Waals surface area contributed by atoms with Gasteiger partial charge in [0.05, 0.1) is 0 Å². The Kier molecular flexibility index (Phi) is 4.63. The Bertz CT molecular complexity index is 198. The van der Waals surface area contributed by atoms with Crippen molar-refractivity contribution in [3.05, 3.63) is 41.1 Å². The predicted molar refractivity (Wildman–Crippen MR) is 37.4 cm³/mol. The minimum absolute atomic E-state index is 0. The molecule has 0 aliphatic carbocycles. The molecule has 0 spiro atoms. The summed E-state index contributed by atoms with van der Waals surface area (Å²) in [7, 11) is 0. The fourth-order valence-corrected chi connectivity index (χ4v) is 0.600. The van der Waals surface area contributed by atoms with Crippen LogP contribution in [0.3, 0.4) is 0 Å². The van der Waals surface area contributed by atoms with Gasteiger partial charge < -0.3 is 10.4 Å². The molecule has 55 valence electrons. The predicted octanol–water partition coefficient (Wildman–Crippen LogP) is 1.60. The summed E-state index contributed by atoms with van der Waals surface area (Å²) in [5.74, 6) is 0. The topological polar surface area (TPSA) is 35.4 Å². The molecule has 2 nitrogen and oxygen atoms in total. The smallest absolute Gasteiger partial charge is 0.792 e. The van der Waals surface area contributed by atoms with E-state index in [-0.39, 0.29) is 17.1 Å². The van der Waals surface area contributed by atoms with Gasteiger partial charge in [-0.25, -0.2) is 0 Å². The van der Waals surface area contributed by atoms with Gasteiger partial charge in [0.15, 0.2) is 0 Å². The summed E-state index contributed by atoms with van der Waals surface area (Å²) in [4.78, 5) is 0. The van der Waals surface area contributed by atoms with Crippen molar-refractivity contribution in [1.29, 1.82) is 0 Å². The molecule has 0 saturated heterocycles. The van der Waals surface area contributed by atoms with Crippen molar-refractivity contribution in [3.8, 4) is 0 Å². The fraction of sp³-hybridized carbons (Fsp3) is 0. The number of hydrogen-bond acceptors (Lipinski definition) is 2. The monoisotopic (exact) mass is 183 g/mol. The van der Waals surface area contributed by atoms with Crippen LogP contribution in [0.4, 0.5) is 0 Å². The maximum absolute atomic E-state index is 9.67. The number of benzene rings is 1. The van der Waals surface area contributed by atoms with Crippen molar-refractivity contribution in [2.45, 2.75) is 0 Å². The van der Waals surface area contributed by atoms with Crippen molar-refractivity contribution in [3.63, 3.8) is 0 Å². The molecule has 0 fully saturated rings. The van der Waals surface area contributed by atoms with E-state index in [1.807, 2.05) is 30.3 Å². The zero-order valence-corrected chi connectivity index (χ0v) is 6.06. The van der Waals surface area contributed by atoms with Crippen LogP contribution in [0.1, 0.15) is 5.56 Å². The van der Waals surface area contributed by atoms with Crippen LogP contribution in [-0.2, 0) is 17.1 Å². The minimum atomic E-state index is 0. The Morgan fingerprint density at radius 1 is 1.20 bits per heavy atom. The molecule has 0 bridgehead atoms. The molecular weight excluding hydrogens is 178 g/mol. The maximum Gasteiger partial charge on any atom is 2.00 e. The first-order valence-corrected chi connectivity index (χ1v) is 2.64. The van der Waals surface area contributed by atoms with Crippen LogP contribution in [0.5, 0.6) is 0 Å². The summed E-state index contributed by atoms with van der Waals surface area (Å²) in [5, 5.41) is 12.3. The third-order valence-electron chi connectivity index (χ3n) is 1.00. The molecule has 0 N–H and O–H groups in total. The SMILES string of the molecule is [Cu+2].[O-]/N=C/c1ccccc1. The molecule has 10 heavy (non-hydrogen) atoms. The van der Waals surface area contributed by atoms with Crippen LogP contribution in [0.2, 0.25) is 0 Å². The average Bonchev–Trinajstić information content (AvgIpc) is 1.91. The van der Waals surface area contributed by atoms with Gasteiger partial charge in [-0.3, -0.25) is 0 Å². The quantitative estimate of drug-likeness (QED) is 0.370. The van der Waals surface area contributed by atoms with Gasteiger partial charge in [0.25, 0.3) is 0 Å². The van der Waals surface area contributed by atoms with E-state index in [4.69, 9.17) is 0 Å². The molecule has 3 heteroatoms. The Morgan fingerprint density at radius 3 is 2.30 bits per heavy atom. The van der Waals surface area contributed by atoms with Gasteiger partial charge in [-0.2, -0.15) is 0 Å². The summed E-state index contributed by atoms with van der Waals surface area (Å²) >= 11 is 0. The molecule has 1 radical (unpaired) electrons. The van der Waals surface area contributed by atoms with E-state index in [9.17, 15) is 5.21 Å². The van der Waals surface area contributed by atoms with Gasteiger partial charge in [0.2, 0.25) is 0 Å². The first kappa shape index (κ1) is 9.21. The second kappa shape index (κ2) is 5.03. The molecule has 0 amide bonds. The summed E-state index contributed by atoms with van der Waals surface area (Å²) in [6.45, 7) is 0. The van der Waals surface area contributed by atoms with Crippen LogP contribution in [0.15, 0.2) is 35.5 Å². The van der Waals surface area contributed by atoms with E-state index in [1.165, 1.54) is 6.21 Å². The molecule has 1 aromatic rings. The Hall–Kier alpha value is -0.791. The van der Waals surface area contributed by atoms with Gasteiger partial charge in [-0.1, -0.05) is 30.3 Å². The molecule has 0 aliphatic rings. The van der Waals surface area contributed by atoms with Gasteiger partial charge >= 0.3 is 17.1 Å². The van der Waals surface area contributed by atoms with E-state index in [2.05, 4.69) is 5.16 Å². The standard InChI is InChI=1S/C7H7NO.Cu/c9-8-6-7-4-2-1-3-5-7;/h1-6,9H;/q;+2/p-1/b8-6+;. The zero-order valence-electron chi connectivity index (χ0n) is 5.12. The molecule has 0 unspecified atom stereocenters. The summed E-state index contributed by atoms with van der Waals surface area (Å²) in [5.41, 5.74) is 0.840. The largest absolute Gasteiger partial charge is 2.00 e. The van der Waals surface area contributed by atoms with Crippen molar-refractivity contribution in [2.75, 3.05) is 0 Å². The Balaban J connectivity index is 0.000000810. The molecule has 1 rings (SSSR count). The van der Waals surface area contributed by atoms with Crippen molar-refractivity contribution < 1.29 is 17.1 Å². The van der Waals surface area contributed by atoms with Gasteiger partial charge in [-0.15, -0.1) is 0 Å². The Morgan fingerprint density at radius 2 is 1.80 bits per heavy atom. The van der Waals surface area contributed by atoms with E-state index in [0.29, 0.717) is 0 Å². The number of nitrogens with zero attached hydrogens (tertiary/aromatic N) is 1.